The molecular weight excluding hydrogens is 504 g/mol. The molecular formula is C27H26F4N4O3. The van der Waals surface area contributed by atoms with E-state index in [0.717, 1.165) is 23.0 Å². The largest absolute Gasteiger partial charge is 0.435 e. The second-order valence-corrected chi connectivity index (χ2v) is 9.14. The fraction of sp³-hybridized carbons (Fsp3) is 0.333. The van der Waals surface area contributed by atoms with E-state index in [9.17, 15) is 31.9 Å². The molecule has 2 N–H and O–H groups in total. The second-order valence-electron chi connectivity index (χ2n) is 9.14. The minimum atomic E-state index is -4.90. The zero-order chi connectivity index (χ0) is 27.3. The molecule has 0 bridgehead atoms. The van der Waals surface area contributed by atoms with Crippen LogP contribution in [-0.4, -0.2) is 40.5 Å². The third-order valence-electron chi connectivity index (χ3n) is 6.54. The van der Waals surface area contributed by atoms with Gasteiger partial charge >= 0.3 is 6.18 Å². The summed E-state index contributed by atoms with van der Waals surface area (Å²) in [5, 5.41) is 8.49. The fourth-order valence-corrected chi connectivity index (χ4v) is 4.56. The van der Waals surface area contributed by atoms with Crippen LogP contribution in [0.15, 0.2) is 60.8 Å². The number of aromatic nitrogens is 2. The monoisotopic (exact) mass is 530 g/mol. The molecule has 0 spiro atoms. The second kappa shape index (κ2) is 11.6. The van der Waals surface area contributed by atoms with E-state index >= 15 is 0 Å². The lowest BCUT2D eigenvalue weighted by Gasteiger charge is -2.27. The van der Waals surface area contributed by atoms with E-state index in [4.69, 9.17) is 0 Å². The van der Waals surface area contributed by atoms with E-state index < -0.39 is 29.2 Å². The molecule has 4 rings (SSSR count). The first-order chi connectivity index (χ1) is 18.1. The van der Waals surface area contributed by atoms with Crippen molar-refractivity contribution in [2.24, 2.45) is 11.8 Å². The van der Waals surface area contributed by atoms with Gasteiger partial charge in [0.25, 0.3) is 5.91 Å². The number of ketones is 1. The Labute approximate surface area is 216 Å². The Kier molecular flexibility index (Phi) is 8.23. The Bertz CT molecular complexity index is 1300. The highest BCUT2D eigenvalue weighted by Gasteiger charge is 2.39. The maximum atomic E-state index is 13.5. The molecule has 7 nitrogen and oxygen atoms in total. The normalized spacial score (nSPS) is 17.6. The van der Waals surface area contributed by atoms with Crippen molar-refractivity contribution in [1.29, 1.82) is 0 Å². The van der Waals surface area contributed by atoms with Crippen LogP contribution in [0.5, 0.6) is 0 Å². The molecule has 1 fully saturated rings. The van der Waals surface area contributed by atoms with Gasteiger partial charge in [0.1, 0.15) is 5.82 Å². The van der Waals surface area contributed by atoms with E-state index in [1.165, 1.54) is 12.1 Å². The summed E-state index contributed by atoms with van der Waals surface area (Å²) in [4.78, 5) is 37.7. The SMILES string of the molecule is O=C(NCCNC(=O)C1CCC(C(=O)c2ccccc2)CC1)c1cn(-c2cccc(F)c2)nc1C(F)(F)F. The zero-order valence-electron chi connectivity index (χ0n) is 20.3. The smallest absolute Gasteiger partial charge is 0.354 e. The summed E-state index contributed by atoms with van der Waals surface area (Å²) in [5.74, 6) is -2.23. The average Bonchev–Trinajstić information content (AvgIpc) is 3.38. The number of nitrogens with one attached hydrogen (secondary N) is 2. The number of carbonyl (C=O) groups excluding carboxylic acids is 3. The molecule has 0 saturated heterocycles. The highest BCUT2D eigenvalue weighted by molar-refractivity contribution is 5.98. The van der Waals surface area contributed by atoms with Crippen molar-refractivity contribution < 1.29 is 31.9 Å². The number of alkyl halides is 3. The molecule has 1 heterocycles. The van der Waals surface area contributed by atoms with Gasteiger partial charge < -0.3 is 10.6 Å². The van der Waals surface area contributed by atoms with Crippen LogP contribution in [0.1, 0.15) is 52.1 Å². The Morgan fingerprint density at radius 3 is 2.21 bits per heavy atom. The number of nitrogens with zero attached hydrogens (tertiary/aromatic N) is 2. The lowest BCUT2D eigenvalue weighted by atomic mass is 9.78. The molecule has 3 aromatic rings. The maximum Gasteiger partial charge on any atom is 0.435 e. The summed E-state index contributed by atoms with van der Waals surface area (Å²) in [6, 6.07) is 13.8. The van der Waals surface area contributed by atoms with E-state index in [1.54, 1.807) is 12.1 Å². The molecule has 1 aliphatic rings. The van der Waals surface area contributed by atoms with Crippen LogP contribution in [0.25, 0.3) is 5.69 Å². The lowest BCUT2D eigenvalue weighted by molar-refractivity contribution is -0.141. The Balaban J connectivity index is 1.27. The third kappa shape index (κ3) is 6.45. The van der Waals surface area contributed by atoms with Crippen molar-refractivity contribution in [3.63, 3.8) is 0 Å². The van der Waals surface area contributed by atoms with Gasteiger partial charge in [0.05, 0.1) is 11.3 Å². The van der Waals surface area contributed by atoms with Gasteiger partial charge in [-0.2, -0.15) is 18.3 Å². The highest BCUT2D eigenvalue weighted by atomic mass is 19.4. The minimum absolute atomic E-state index is 0.0207. The predicted octanol–water partition coefficient (Wildman–Crippen LogP) is 4.57. The van der Waals surface area contributed by atoms with Crippen molar-refractivity contribution in [3.8, 4) is 5.69 Å². The van der Waals surface area contributed by atoms with Gasteiger partial charge in [0, 0.05) is 36.7 Å². The molecule has 2 aromatic carbocycles. The van der Waals surface area contributed by atoms with Crippen LogP contribution in [0.4, 0.5) is 17.6 Å². The van der Waals surface area contributed by atoms with E-state index in [-0.39, 0.29) is 42.3 Å². The molecule has 2 amide bonds. The van der Waals surface area contributed by atoms with Gasteiger partial charge in [-0.25, -0.2) is 9.07 Å². The van der Waals surface area contributed by atoms with Gasteiger partial charge in [-0.1, -0.05) is 36.4 Å². The van der Waals surface area contributed by atoms with Crippen molar-refractivity contribution >= 4 is 17.6 Å². The first-order valence-electron chi connectivity index (χ1n) is 12.2. The molecule has 0 unspecified atom stereocenters. The number of amides is 2. The molecule has 1 aromatic heterocycles. The number of hydrogen-bond donors (Lipinski definition) is 2. The van der Waals surface area contributed by atoms with Crippen molar-refractivity contribution in [2.75, 3.05) is 13.1 Å². The van der Waals surface area contributed by atoms with Crippen LogP contribution in [0.3, 0.4) is 0 Å². The maximum absolute atomic E-state index is 13.5. The summed E-state index contributed by atoms with van der Waals surface area (Å²) in [6.07, 6.45) is -1.72. The summed E-state index contributed by atoms with van der Waals surface area (Å²) < 4.78 is 54.7. The average molecular weight is 531 g/mol. The molecule has 38 heavy (non-hydrogen) atoms. The highest BCUT2D eigenvalue weighted by Crippen LogP contribution is 2.32. The fourth-order valence-electron chi connectivity index (χ4n) is 4.56. The number of carbonyl (C=O) groups is 3. The molecule has 0 radical (unpaired) electrons. The van der Waals surface area contributed by atoms with Crippen molar-refractivity contribution in [2.45, 2.75) is 31.9 Å². The third-order valence-corrected chi connectivity index (χ3v) is 6.54. The number of hydrogen-bond acceptors (Lipinski definition) is 4. The van der Waals surface area contributed by atoms with E-state index in [1.807, 2.05) is 18.2 Å². The van der Waals surface area contributed by atoms with Crippen LogP contribution in [0, 0.1) is 17.7 Å². The van der Waals surface area contributed by atoms with Gasteiger partial charge in [0.15, 0.2) is 11.5 Å². The Morgan fingerprint density at radius 1 is 0.895 bits per heavy atom. The molecule has 0 atom stereocenters. The van der Waals surface area contributed by atoms with Gasteiger partial charge in [-0.15, -0.1) is 0 Å². The minimum Gasteiger partial charge on any atom is -0.354 e. The summed E-state index contributed by atoms with van der Waals surface area (Å²) in [6.45, 7) is -0.0817. The number of rotatable bonds is 8. The molecule has 1 saturated carbocycles. The van der Waals surface area contributed by atoms with Crippen LogP contribution in [-0.2, 0) is 11.0 Å². The van der Waals surface area contributed by atoms with Crippen LogP contribution >= 0.6 is 0 Å². The first kappa shape index (κ1) is 27.0. The van der Waals surface area contributed by atoms with Crippen molar-refractivity contribution in [3.05, 3.63) is 83.4 Å². The number of halogens is 4. The summed E-state index contributed by atoms with van der Waals surface area (Å²) in [7, 11) is 0. The Morgan fingerprint density at radius 2 is 1.55 bits per heavy atom. The molecule has 11 heteroatoms. The summed E-state index contributed by atoms with van der Waals surface area (Å²) >= 11 is 0. The Hall–Kier alpha value is -4.02. The lowest BCUT2D eigenvalue weighted by Crippen LogP contribution is -2.39. The topological polar surface area (TPSA) is 93.1 Å². The number of benzene rings is 2. The molecule has 0 aliphatic heterocycles. The quantitative estimate of drug-likeness (QED) is 0.254. The molecule has 1 aliphatic carbocycles. The van der Waals surface area contributed by atoms with Crippen molar-refractivity contribution in [1.82, 2.24) is 20.4 Å². The van der Waals surface area contributed by atoms with Gasteiger partial charge in [-0.05, 0) is 43.9 Å². The number of Topliss-reactive ketones (excluding diaryl/α,β-unsaturated/α-hetero) is 1. The van der Waals surface area contributed by atoms with E-state index in [0.29, 0.717) is 31.2 Å². The van der Waals surface area contributed by atoms with Gasteiger partial charge in [0.2, 0.25) is 5.91 Å². The predicted molar refractivity (Wildman–Crippen MR) is 130 cm³/mol. The van der Waals surface area contributed by atoms with Crippen LogP contribution < -0.4 is 10.6 Å². The summed E-state index contributed by atoms with van der Waals surface area (Å²) in [5.41, 5.74) is -1.42. The van der Waals surface area contributed by atoms with Crippen LogP contribution in [0.2, 0.25) is 0 Å². The first-order valence-corrected chi connectivity index (χ1v) is 12.2. The molecule has 200 valence electrons. The van der Waals surface area contributed by atoms with Gasteiger partial charge in [-0.3, -0.25) is 14.4 Å². The van der Waals surface area contributed by atoms with E-state index in [2.05, 4.69) is 15.7 Å². The standard InChI is InChI=1S/C27H26F4N4O3/c28-20-7-4-8-21(15-20)35-16-22(24(34-35)27(29,30)31)26(38)33-14-13-32-25(37)19-11-9-18(10-12-19)23(36)17-5-2-1-3-6-17/h1-8,15-16,18-19H,9-14H2,(H,32,37)(H,33,38). The zero-order valence-corrected chi connectivity index (χ0v) is 20.3.